The van der Waals surface area contributed by atoms with Gasteiger partial charge in [0.1, 0.15) is 0 Å². The predicted octanol–water partition coefficient (Wildman–Crippen LogP) is -0.951. The number of carbonyl (C=O) groups excluding carboxylic acids is 1. The number of piperidine rings is 1. The highest BCUT2D eigenvalue weighted by Gasteiger charge is 2.44. The van der Waals surface area contributed by atoms with Gasteiger partial charge in [0.05, 0.1) is 26.7 Å². The van der Waals surface area contributed by atoms with E-state index in [2.05, 4.69) is 7.05 Å². The van der Waals surface area contributed by atoms with Crippen molar-refractivity contribution in [1.82, 2.24) is 0 Å². The number of esters is 1. The summed E-state index contributed by atoms with van der Waals surface area (Å²) in [6.45, 7) is 2.72. The first kappa shape index (κ1) is 21.4. The van der Waals surface area contributed by atoms with Crippen molar-refractivity contribution in [2.24, 2.45) is 5.92 Å². The Kier molecular flexibility index (Phi) is 7.84. The Labute approximate surface area is 167 Å². The normalized spacial score (nSPS) is 19.8. The van der Waals surface area contributed by atoms with Crippen LogP contribution in [0.3, 0.4) is 0 Å². The van der Waals surface area contributed by atoms with Crippen LogP contribution < -0.4 is 17.3 Å². The van der Waals surface area contributed by atoms with Crippen LogP contribution >= 0.6 is 0 Å². The number of quaternary nitrogens is 1. The lowest BCUT2D eigenvalue weighted by Gasteiger charge is -2.32. The van der Waals surface area contributed by atoms with E-state index in [4.69, 9.17) is 9.47 Å². The minimum absolute atomic E-state index is 0. The number of hydrogen-bond donors (Lipinski definition) is 1. The van der Waals surface area contributed by atoms with Gasteiger partial charge in [-0.3, -0.25) is 0 Å². The maximum Gasteiger partial charge on any atom is 0.347 e. The van der Waals surface area contributed by atoms with Gasteiger partial charge in [0.15, 0.2) is 0 Å². The summed E-state index contributed by atoms with van der Waals surface area (Å²) in [6.07, 6.45) is 2.19. The zero-order valence-electron chi connectivity index (χ0n) is 16.0. The summed E-state index contributed by atoms with van der Waals surface area (Å²) >= 11 is 0. The highest BCUT2D eigenvalue weighted by atomic mass is 35.5. The third-order valence-corrected chi connectivity index (χ3v) is 5.36. The summed E-state index contributed by atoms with van der Waals surface area (Å²) in [5.74, 6) is 0.0902. The van der Waals surface area contributed by atoms with Gasteiger partial charge in [0.2, 0.25) is 5.60 Å². The Balaban J connectivity index is 0.00000261. The smallest absolute Gasteiger partial charge is 0.347 e. The van der Waals surface area contributed by atoms with E-state index in [-0.39, 0.29) is 18.4 Å². The summed E-state index contributed by atoms with van der Waals surface area (Å²) in [6, 6.07) is 19.2. The molecule has 1 fully saturated rings. The zero-order chi connectivity index (χ0) is 18.4. The maximum atomic E-state index is 13.3. The van der Waals surface area contributed by atoms with Crippen LogP contribution in [0.25, 0.3) is 0 Å². The molecule has 1 N–H and O–H groups in total. The van der Waals surface area contributed by atoms with Crippen LogP contribution in [0.4, 0.5) is 0 Å². The first-order valence-electron chi connectivity index (χ1n) is 9.31. The fourth-order valence-electron chi connectivity index (χ4n) is 3.70. The second kappa shape index (κ2) is 9.88. The molecule has 0 saturated carbocycles. The van der Waals surface area contributed by atoms with Gasteiger partial charge in [-0.05, 0) is 11.1 Å². The second-order valence-electron chi connectivity index (χ2n) is 7.12. The molecule has 5 heteroatoms. The molecule has 2 aromatic rings. The topological polar surface area (TPSA) is 40.0 Å². The van der Waals surface area contributed by atoms with Crippen molar-refractivity contribution in [2.45, 2.75) is 18.4 Å². The molecular weight excluding hydrogens is 362 g/mol. The highest BCUT2D eigenvalue weighted by Crippen LogP contribution is 2.35. The monoisotopic (exact) mass is 389 g/mol. The van der Waals surface area contributed by atoms with E-state index >= 15 is 0 Å². The van der Waals surface area contributed by atoms with Crippen LogP contribution in [0.5, 0.6) is 0 Å². The minimum Gasteiger partial charge on any atom is -1.00 e. The van der Waals surface area contributed by atoms with E-state index in [1.807, 2.05) is 60.7 Å². The number of hydrogen-bond acceptors (Lipinski definition) is 3. The summed E-state index contributed by atoms with van der Waals surface area (Å²) in [4.78, 5) is 14.8. The molecule has 0 atom stereocenters. The van der Waals surface area contributed by atoms with Gasteiger partial charge in [-0.2, -0.15) is 0 Å². The van der Waals surface area contributed by atoms with E-state index in [0.29, 0.717) is 12.5 Å². The van der Waals surface area contributed by atoms with Gasteiger partial charge >= 0.3 is 5.97 Å². The molecule has 3 rings (SSSR count). The van der Waals surface area contributed by atoms with Gasteiger partial charge in [-0.15, -0.1) is 0 Å². The molecule has 0 amide bonds. The standard InChI is InChI=1S/C22H27NO3.ClH/c1-23-15-13-18(14-16-23)17-26-21(24)22(25-2,19-9-5-3-6-10-19)20-11-7-4-8-12-20;/h3-12,18H,13-17H2,1-2H3;1H. The second-order valence-corrected chi connectivity index (χ2v) is 7.12. The molecule has 0 spiro atoms. The Morgan fingerprint density at radius 1 is 1.00 bits per heavy atom. The van der Waals surface area contributed by atoms with E-state index in [0.717, 1.165) is 37.1 Å². The van der Waals surface area contributed by atoms with E-state index in [1.165, 1.54) is 0 Å². The molecule has 0 aliphatic carbocycles. The fourth-order valence-corrected chi connectivity index (χ4v) is 3.70. The number of nitrogens with one attached hydrogen (secondary N) is 1. The van der Waals surface area contributed by atoms with Gasteiger partial charge in [-0.1, -0.05) is 60.7 Å². The maximum absolute atomic E-state index is 13.3. The molecule has 1 aliphatic rings. The van der Waals surface area contributed by atoms with Crippen molar-refractivity contribution < 1.29 is 31.6 Å². The third-order valence-electron chi connectivity index (χ3n) is 5.36. The molecule has 0 aromatic heterocycles. The van der Waals surface area contributed by atoms with E-state index in [9.17, 15) is 4.79 Å². The Morgan fingerprint density at radius 2 is 1.48 bits per heavy atom. The SMILES string of the molecule is COC(C(=O)OCC1CC[NH+](C)CC1)(c1ccccc1)c1ccccc1.[Cl-]. The van der Waals surface area contributed by atoms with E-state index in [1.54, 1.807) is 12.0 Å². The van der Waals surface area contributed by atoms with Gasteiger partial charge in [-0.25, -0.2) is 4.79 Å². The first-order chi connectivity index (χ1) is 12.7. The van der Waals surface area contributed by atoms with Crippen molar-refractivity contribution in [2.75, 3.05) is 33.9 Å². The van der Waals surface area contributed by atoms with Crippen LogP contribution in [0.1, 0.15) is 24.0 Å². The molecule has 0 bridgehead atoms. The predicted molar refractivity (Wildman–Crippen MR) is 101 cm³/mol. The van der Waals surface area contributed by atoms with Gasteiger partial charge in [0, 0.05) is 25.9 Å². The van der Waals surface area contributed by atoms with Gasteiger partial charge in [0.25, 0.3) is 0 Å². The Morgan fingerprint density at radius 3 is 1.93 bits per heavy atom. The van der Waals surface area contributed by atoms with Crippen LogP contribution in [0.2, 0.25) is 0 Å². The number of likely N-dealkylation sites (tertiary alicyclic amines) is 1. The first-order valence-corrected chi connectivity index (χ1v) is 9.31. The van der Waals surface area contributed by atoms with Crippen LogP contribution in [0.15, 0.2) is 60.7 Å². The molecule has 0 radical (unpaired) electrons. The zero-order valence-corrected chi connectivity index (χ0v) is 16.7. The molecule has 27 heavy (non-hydrogen) atoms. The number of ether oxygens (including phenoxy) is 2. The van der Waals surface area contributed by atoms with Crippen molar-refractivity contribution >= 4 is 5.97 Å². The largest absolute Gasteiger partial charge is 1.00 e. The molecule has 4 nitrogen and oxygen atoms in total. The van der Waals surface area contributed by atoms with E-state index < -0.39 is 5.60 Å². The molecule has 1 heterocycles. The molecule has 1 aliphatic heterocycles. The third kappa shape index (κ3) is 4.70. The lowest BCUT2D eigenvalue weighted by Crippen LogP contribution is -3.10. The van der Waals surface area contributed by atoms with Crippen molar-refractivity contribution in [3.8, 4) is 0 Å². The van der Waals surface area contributed by atoms with Gasteiger partial charge < -0.3 is 26.8 Å². The molecule has 146 valence electrons. The van der Waals surface area contributed by atoms with Crippen molar-refractivity contribution in [3.05, 3.63) is 71.8 Å². The quantitative estimate of drug-likeness (QED) is 0.647. The average molecular weight is 390 g/mol. The molecule has 0 unspecified atom stereocenters. The number of methoxy groups -OCH3 is 1. The van der Waals surface area contributed by atoms with Crippen LogP contribution in [-0.2, 0) is 19.9 Å². The number of benzene rings is 2. The molecule has 1 saturated heterocycles. The van der Waals surface area contributed by atoms with Crippen LogP contribution in [-0.4, -0.2) is 39.8 Å². The summed E-state index contributed by atoms with van der Waals surface area (Å²) in [5, 5.41) is 0. The highest BCUT2D eigenvalue weighted by molar-refractivity contribution is 5.85. The fraction of sp³-hybridized carbons (Fsp3) is 0.409. The molecular formula is C22H28ClNO3. The molecule has 2 aromatic carbocycles. The Bertz CT molecular complexity index is 661. The number of carbonyl (C=O) groups is 1. The number of rotatable bonds is 6. The lowest BCUT2D eigenvalue weighted by atomic mass is 9.86. The lowest BCUT2D eigenvalue weighted by molar-refractivity contribution is -0.886. The number of halogens is 1. The minimum atomic E-state index is -1.24. The summed E-state index contributed by atoms with van der Waals surface area (Å²) in [5.41, 5.74) is 0.331. The van der Waals surface area contributed by atoms with Crippen molar-refractivity contribution in [1.29, 1.82) is 0 Å². The summed E-state index contributed by atoms with van der Waals surface area (Å²) in [7, 11) is 3.78. The Hall–Kier alpha value is -1.88. The summed E-state index contributed by atoms with van der Waals surface area (Å²) < 4.78 is 11.7. The van der Waals surface area contributed by atoms with Crippen molar-refractivity contribution in [3.63, 3.8) is 0 Å². The van der Waals surface area contributed by atoms with Crippen LogP contribution in [0, 0.1) is 5.92 Å². The average Bonchev–Trinajstić information content (AvgIpc) is 2.70.